The van der Waals surface area contributed by atoms with E-state index < -0.39 is 23.9 Å². The fraction of sp³-hybridized carbons (Fsp3) is 0.571. The van der Waals surface area contributed by atoms with Crippen LogP contribution in [0.1, 0.15) is 30.9 Å². The lowest BCUT2D eigenvalue weighted by molar-refractivity contribution is -0.138. The zero-order valence-electron chi connectivity index (χ0n) is 11.2. The standard InChI is InChI=1S/C14H18F3NO2/c1-13(20)5-2-6-18(9-13)11-4-3-10(8-19)12(7-11)14(15,16)17/h3-4,7,19-20H,2,5-6,8-9H2,1H3. The number of hydrogen-bond acceptors (Lipinski definition) is 3. The van der Waals surface area contributed by atoms with Gasteiger partial charge in [-0.25, -0.2) is 0 Å². The number of halogens is 3. The molecule has 0 saturated carbocycles. The Morgan fingerprint density at radius 2 is 2.05 bits per heavy atom. The zero-order chi connectivity index (χ0) is 15.0. The van der Waals surface area contributed by atoms with Crippen molar-refractivity contribution in [3.05, 3.63) is 29.3 Å². The SMILES string of the molecule is CC1(O)CCCN(c2ccc(CO)c(C(F)(F)F)c2)C1. The highest BCUT2D eigenvalue weighted by molar-refractivity contribution is 5.52. The molecule has 20 heavy (non-hydrogen) atoms. The van der Waals surface area contributed by atoms with Crippen LogP contribution >= 0.6 is 0 Å². The average Bonchev–Trinajstić information content (AvgIpc) is 2.35. The summed E-state index contributed by atoms with van der Waals surface area (Å²) < 4.78 is 38.9. The van der Waals surface area contributed by atoms with E-state index >= 15 is 0 Å². The number of aliphatic hydroxyl groups is 2. The molecule has 0 aliphatic carbocycles. The third kappa shape index (κ3) is 3.24. The van der Waals surface area contributed by atoms with Gasteiger partial charge in [-0.15, -0.1) is 0 Å². The van der Waals surface area contributed by atoms with Crippen molar-refractivity contribution in [2.24, 2.45) is 0 Å². The van der Waals surface area contributed by atoms with Gasteiger partial charge in [-0.2, -0.15) is 13.2 Å². The van der Waals surface area contributed by atoms with Gasteiger partial charge in [0, 0.05) is 18.8 Å². The Labute approximate surface area is 115 Å². The van der Waals surface area contributed by atoms with Gasteiger partial charge >= 0.3 is 6.18 Å². The van der Waals surface area contributed by atoms with Crippen molar-refractivity contribution in [2.75, 3.05) is 18.0 Å². The summed E-state index contributed by atoms with van der Waals surface area (Å²) in [5.74, 6) is 0. The lowest BCUT2D eigenvalue weighted by Gasteiger charge is -2.38. The molecule has 1 saturated heterocycles. The Morgan fingerprint density at radius 3 is 2.60 bits per heavy atom. The summed E-state index contributed by atoms with van der Waals surface area (Å²) in [6.07, 6.45) is -3.12. The quantitative estimate of drug-likeness (QED) is 0.879. The summed E-state index contributed by atoms with van der Waals surface area (Å²) in [4.78, 5) is 1.75. The van der Waals surface area contributed by atoms with Crippen molar-refractivity contribution in [1.82, 2.24) is 0 Å². The maximum Gasteiger partial charge on any atom is 0.416 e. The largest absolute Gasteiger partial charge is 0.416 e. The second-order valence-electron chi connectivity index (χ2n) is 5.52. The number of aliphatic hydroxyl groups excluding tert-OH is 1. The predicted molar refractivity (Wildman–Crippen MR) is 69.4 cm³/mol. The molecule has 6 heteroatoms. The molecule has 3 nitrogen and oxygen atoms in total. The van der Waals surface area contributed by atoms with Gasteiger partial charge in [-0.3, -0.25) is 0 Å². The first-order valence-electron chi connectivity index (χ1n) is 6.51. The minimum absolute atomic E-state index is 0.134. The molecule has 2 rings (SSSR count). The summed E-state index contributed by atoms with van der Waals surface area (Å²) in [6, 6.07) is 3.90. The maximum atomic E-state index is 13.0. The highest BCUT2D eigenvalue weighted by Gasteiger charge is 2.35. The minimum atomic E-state index is -4.49. The van der Waals surface area contributed by atoms with Crippen LogP contribution in [0.25, 0.3) is 0 Å². The van der Waals surface area contributed by atoms with Crippen molar-refractivity contribution < 1.29 is 23.4 Å². The zero-order valence-corrected chi connectivity index (χ0v) is 11.2. The summed E-state index contributed by atoms with van der Waals surface area (Å²) >= 11 is 0. The van der Waals surface area contributed by atoms with Crippen molar-refractivity contribution in [3.8, 4) is 0 Å². The number of hydrogen-bond donors (Lipinski definition) is 2. The molecule has 1 aliphatic heterocycles. The summed E-state index contributed by atoms with van der Waals surface area (Å²) in [6.45, 7) is 1.97. The summed E-state index contributed by atoms with van der Waals surface area (Å²) in [5, 5.41) is 19.0. The monoisotopic (exact) mass is 289 g/mol. The van der Waals surface area contributed by atoms with Gasteiger partial charge in [0.05, 0.1) is 17.8 Å². The van der Waals surface area contributed by atoms with Gasteiger partial charge in [0.25, 0.3) is 0 Å². The fourth-order valence-electron chi connectivity index (χ4n) is 2.60. The third-order valence-electron chi connectivity index (χ3n) is 3.61. The maximum absolute atomic E-state index is 13.0. The first-order chi connectivity index (χ1) is 9.23. The van der Waals surface area contributed by atoms with Crippen molar-refractivity contribution >= 4 is 5.69 Å². The topological polar surface area (TPSA) is 43.7 Å². The van der Waals surface area contributed by atoms with Crippen LogP contribution in [0, 0.1) is 0 Å². The van der Waals surface area contributed by atoms with Crippen LogP contribution in [-0.4, -0.2) is 28.9 Å². The fourth-order valence-corrected chi connectivity index (χ4v) is 2.60. The van der Waals surface area contributed by atoms with Crippen molar-refractivity contribution in [1.29, 1.82) is 0 Å². The van der Waals surface area contributed by atoms with Crippen LogP contribution in [0.2, 0.25) is 0 Å². The molecule has 1 aromatic rings. The smallest absolute Gasteiger partial charge is 0.392 e. The van der Waals surface area contributed by atoms with Gasteiger partial charge in [-0.1, -0.05) is 6.07 Å². The molecular formula is C14H18F3NO2. The Bertz CT molecular complexity index is 486. The van der Waals surface area contributed by atoms with E-state index in [0.717, 1.165) is 12.5 Å². The Balaban J connectivity index is 2.34. The number of β-amino-alcohol motifs (C(OH)–C–C–N with tert-alkyl or cyclic N) is 1. The molecule has 1 atom stereocenters. The van der Waals surface area contributed by atoms with Crippen molar-refractivity contribution in [2.45, 2.75) is 38.1 Å². The predicted octanol–water partition coefficient (Wildman–Crippen LogP) is 2.55. The number of nitrogens with zero attached hydrogens (tertiary/aromatic N) is 1. The van der Waals surface area contributed by atoms with Gasteiger partial charge in [0.15, 0.2) is 0 Å². The minimum Gasteiger partial charge on any atom is -0.392 e. The molecule has 1 aromatic carbocycles. The average molecular weight is 289 g/mol. The van der Waals surface area contributed by atoms with E-state index in [0.29, 0.717) is 25.2 Å². The molecule has 2 N–H and O–H groups in total. The summed E-state index contributed by atoms with van der Waals surface area (Å²) in [7, 11) is 0. The molecule has 0 amide bonds. The Kier molecular flexibility index (Phi) is 3.97. The first-order valence-corrected chi connectivity index (χ1v) is 6.51. The van der Waals surface area contributed by atoms with E-state index in [-0.39, 0.29) is 5.56 Å². The van der Waals surface area contributed by atoms with Crippen LogP contribution in [-0.2, 0) is 12.8 Å². The molecule has 112 valence electrons. The van der Waals surface area contributed by atoms with Crippen LogP contribution in [0.5, 0.6) is 0 Å². The molecule has 0 spiro atoms. The molecule has 1 aliphatic rings. The molecule has 0 radical (unpaired) electrons. The Hall–Kier alpha value is -1.27. The van der Waals surface area contributed by atoms with Gasteiger partial charge in [-0.05, 0) is 37.5 Å². The van der Waals surface area contributed by atoms with Crippen LogP contribution in [0.3, 0.4) is 0 Å². The van der Waals surface area contributed by atoms with E-state index in [9.17, 15) is 18.3 Å². The number of piperidine rings is 1. The van der Waals surface area contributed by atoms with Crippen LogP contribution < -0.4 is 4.90 Å². The normalized spacial score (nSPS) is 24.0. The highest BCUT2D eigenvalue weighted by Crippen LogP contribution is 2.36. The van der Waals surface area contributed by atoms with E-state index in [1.54, 1.807) is 17.9 Å². The van der Waals surface area contributed by atoms with E-state index in [1.165, 1.54) is 6.07 Å². The second kappa shape index (κ2) is 5.26. The molecule has 1 unspecified atom stereocenters. The van der Waals surface area contributed by atoms with Gasteiger partial charge in [0.2, 0.25) is 0 Å². The number of rotatable bonds is 2. The molecule has 0 bridgehead atoms. The van der Waals surface area contributed by atoms with Crippen LogP contribution in [0.4, 0.5) is 18.9 Å². The number of benzene rings is 1. The second-order valence-corrected chi connectivity index (χ2v) is 5.52. The van der Waals surface area contributed by atoms with Crippen LogP contribution in [0.15, 0.2) is 18.2 Å². The summed E-state index contributed by atoms with van der Waals surface area (Å²) in [5.41, 5.74) is -1.41. The lowest BCUT2D eigenvalue weighted by atomic mass is 9.94. The molecule has 0 aromatic heterocycles. The highest BCUT2D eigenvalue weighted by atomic mass is 19.4. The molecular weight excluding hydrogens is 271 g/mol. The molecule has 1 heterocycles. The Morgan fingerprint density at radius 1 is 1.35 bits per heavy atom. The van der Waals surface area contributed by atoms with Gasteiger partial charge < -0.3 is 15.1 Å². The first kappa shape index (κ1) is 15.1. The third-order valence-corrected chi connectivity index (χ3v) is 3.61. The lowest BCUT2D eigenvalue weighted by Crippen LogP contribution is -2.46. The van der Waals surface area contributed by atoms with E-state index in [1.807, 2.05) is 0 Å². The molecule has 1 fully saturated rings. The van der Waals surface area contributed by atoms with E-state index in [4.69, 9.17) is 5.11 Å². The number of anilines is 1. The number of alkyl halides is 3. The van der Waals surface area contributed by atoms with E-state index in [2.05, 4.69) is 0 Å². The van der Waals surface area contributed by atoms with Gasteiger partial charge in [0.1, 0.15) is 0 Å². The van der Waals surface area contributed by atoms with Crippen molar-refractivity contribution in [3.63, 3.8) is 0 Å².